The minimum absolute atomic E-state index is 0.0268. The van der Waals surface area contributed by atoms with Crippen LogP contribution in [0.15, 0.2) is 0 Å². The fourth-order valence-electron chi connectivity index (χ4n) is 2.82. The molecule has 112 valence electrons. The van der Waals surface area contributed by atoms with Crippen molar-refractivity contribution in [2.45, 2.75) is 37.5 Å². The van der Waals surface area contributed by atoms with Crippen LogP contribution in [0.3, 0.4) is 0 Å². The van der Waals surface area contributed by atoms with E-state index in [9.17, 15) is 21.9 Å². The summed E-state index contributed by atoms with van der Waals surface area (Å²) >= 11 is 0. The van der Waals surface area contributed by atoms with Crippen molar-refractivity contribution in [2.24, 2.45) is 5.92 Å². The minimum atomic E-state index is -3.51. The number of rotatable bonds is 3. The first kappa shape index (κ1) is 15.2. The van der Waals surface area contributed by atoms with Gasteiger partial charge in [0.1, 0.15) is 0 Å². The van der Waals surface area contributed by atoms with Crippen molar-refractivity contribution in [1.29, 1.82) is 0 Å². The Bertz CT molecular complexity index is 517. The number of aliphatic hydroxyl groups is 1. The molecule has 2 saturated heterocycles. The number of sulfone groups is 1. The molecule has 0 aromatic carbocycles. The molecule has 2 aliphatic heterocycles. The average Bonchev–Trinajstić information content (AvgIpc) is 2.70. The van der Waals surface area contributed by atoms with Gasteiger partial charge in [-0.05, 0) is 32.1 Å². The van der Waals surface area contributed by atoms with Crippen LogP contribution in [0.2, 0.25) is 0 Å². The van der Waals surface area contributed by atoms with Crippen LogP contribution in [0, 0.1) is 5.92 Å². The molecule has 6 nitrogen and oxygen atoms in total. The lowest BCUT2D eigenvalue weighted by molar-refractivity contribution is 0.0910. The summed E-state index contributed by atoms with van der Waals surface area (Å²) in [6.07, 6.45) is 1.06. The van der Waals surface area contributed by atoms with Gasteiger partial charge in [-0.15, -0.1) is 0 Å². The molecule has 0 bridgehead atoms. The van der Waals surface area contributed by atoms with E-state index in [1.54, 1.807) is 6.92 Å². The highest BCUT2D eigenvalue weighted by atomic mass is 32.2. The van der Waals surface area contributed by atoms with Crippen molar-refractivity contribution in [3.05, 3.63) is 0 Å². The fraction of sp³-hybridized carbons (Fsp3) is 1.00. The highest BCUT2D eigenvalue weighted by Gasteiger charge is 2.41. The van der Waals surface area contributed by atoms with E-state index < -0.39 is 31.2 Å². The first-order valence-electron chi connectivity index (χ1n) is 6.60. The summed E-state index contributed by atoms with van der Waals surface area (Å²) in [4.78, 5) is 0. The van der Waals surface area contributed by atoms with Gasteiger partial charge in [-0.1, -0.05) is 0 Å². The lowest BCUT2D eigenvalue weighted by Gasteiger charge is -2.33. The van der Waals surface area contributed by atoms with Gasteiger partial charge in [0.15, 0.2) is 9.84 Å². The smallest absolute Gasteiger partial charge is 0.218 e. The fourth-order valence-corrected chi connectivity index (χ4v) is 7.38. The van der Waals surface area contributed by atoms with Gasteiger partial charge >= 0.3 is 0 Å². The maximum atomic E-state index is 12.4. The molecule has 0 aromatic rings. The van der Waals surface area contributed by atoms with E-state index in [1.165, 1.54) is 4.31 Å². The van der Waals surface area contributed by atoms with E-state index in [0.29, 0.717) is 25.9 Å². The lowest BCUT2D eigenvalue weighted by Crippen LogP contribution is -2.45. The quantitative estimate of drug-likeness (QED) is 0.765. The van der Waals surface area contributed by atoms with Crippen LogP contribution in [-0.2, 0) is 19.9 Å². The number of piperidine rings is 1. The molecule has 2 unspecified atom stereocenters. The predicted octanol–water partition coefficient (Wildman–Crippen LogP) is -0.404. The molecular weight excluding hydrogens is 290 g/mol. The monoisotopic (exact) mass is 311 g/mol. The second-order valence-electron chi connectivity index (χ2n) is 5.55. The standard InChI is InChI=1S/C11H21NO5S2/c1-9(13)10-2-5-12(6-3-10)19(16,17)11-4-7-18(14,15)8-11/h9-11,13H,2-8H2,1H3. The third-order valence-electron chi connectivity index (χ3n) is 4.15. The summed E-state index contributed by atoms with van der Waals surface area (Å²) in [5.74, 6) is -0.133. The molecule has 0 aromatic heterocycles. The number of nitrogens with zero attached hydrogens (tertiary/aromatic N) is 1. The summed E-state index contributed by atoms with van der Waals surface area (Å²) in [5.41, 5.74) is 0. The maximum Gasteiger partial charge on any atom is 0.218 e. The Morgan fingerprint density at radius 2 is 1.79 bits per heavy atom. The van der Waals surface area contributed by atoms with Gasteiger partial charge in [-0.2, -0.15) is 0 Å². The van der Waals surface area contributed by atoms with E-state index in [0.717, 1.165) is 0 Å². The van der Waals surface area contributed by atoms with Gasteiger partial charge in [-0.25, -0.2) is 21.1 Å². The third kappa shape index (κ3) is 3.29. The molecule has 2 aliphatic rings. The molecular formula is C11H21NO5S2. The van der Waals surface area contributed by atoms with Gasteiger partial charge in [-0.3, -0.25) is 0 Å². The lowest BCUT2D eigenvalue weighted by atomic mass is 9.93. The van der Waals surface area contributed by atoms with Crippen molar-refractivity contribution in [3.63, 3.8) is 0 Å². The number of sulfonamides is 1. The first-order valence-corrected chi connectivity index (χ1v) is 9.92. The highest BCUT2D eigenvalue weighted by molar-refractivity contribution is 7.95. The van der Waals surface area contributed by atoms with Crippen LogP contribution < -0.4 is 0 Å². The zero-order valence-electron chi connectivity index (χ0n) is 11.0. The maximum absolute atomic E-state index is 12.4. The zero-order valence-corrected chi connectivity index (χ0v) is 12.7. The van der Waals surface area contributed by atoms with E-state index in [1.807, 2.05) is 0 Å². The summed E-state index contributed by atoms with van der Waals surface area (Å²) in [5, 5.41) is 8.72. The Hall–Kier alpha value is -0.180. The Labute approximate surface area is 114 Å². The van der Waals surface area contributed by atoms with Gasteiger partial charge in [0.05, 0.1) is 22.9 Å². The summed E-state index contributed by atoms with van der Waals surface area (Å²) in [7, 11) is -6.70. The molecule has 0 radical (unpaired) electrons. The topological polar surface area (TPSA) is 91.8 Å². The van der Waals surface area contributed by atoms with Gasteiger partial charge in [0, 0.05) is 13.1 Å². The van der Waals surface area contributed by atoms with Crippen molar-refractivity contribution in [1.82, 2.24) is 4.31 Å². The Balaban J connectivity index is 2.02. The first-order chi connectivity index (χ1) is 8.72. The number of hydrogen-bond acceptors (Lipinski definition) is 5. The van der Waals surface area contributed by atoms with Crippen LogP contribution in [0.5, 0.6) is 0 Å². The Kier molecular flexibility index (Phi) is 4.25. The molecule has 2 heterocycles. The second kappa shape index (κ2) is 5.31. The van der Waals surface area contributed by atoms with Gasteiger partial charge in [0.25, 0.3) is 0 Å². The summed E-state index contributed by atoms with van der Waals surface area (Å²) in [6.45, 7) is 2.49. The van der Waals surface area contributed by atoms with Crippen molar-refractivity contribution >= 4 is 19.9 Å². The molecule has 0 amide bonds. The van der Waals surface area contributed by atoms with Gasteiger partial charge in [0.2, 0.25) is 10.0 Å². The van der Waals surface area contributed by atoms with E-state index in [2.05, 4.69) is 0 Å². The molecule has 1 N–H and O–H groups in total. The van der Waals surface area contributed by atoms with Crippen LogP contribution >= 0.6 is 0 Å². The van der Waals surface area contributed by atoms with E-state index in [4.69, 9.17) is 0 Å². The SMILES string of the molecule is CC(O)C1CCN(S(=O)(=O)C2CCS(=O)(=O)C2)CC1. The average molecular weight is 311 g/mol. The van der Waals surface area contributed by atoms with Crippen LogP contribution in [0.25, 0.3) is 0 Å². The zero-order chi connectivity index (χ0) is 14.3. The molecule has 0 spiro atoms. The predicted molar refractivity (Wildman–Crippen MR) is 72.0 cm³/mol. The Morgan fingerprint density at radius 1 is 1.21 bits per heavy atom. The van der Waals surface area contributed by atoms with Crippen molar-refractivity contribution in [2.75, 3.05) is 24.6 Å². The molecule has 2 atom stereocenters. The minimum Gasteiger partial charge on any atom is -0.393 e. The second-order valence-corrected chi connectivity index (χ2v) is 9.99. The number of hydrogen-bond donors (Lipinski definition) is 1. The highest BCUT2D eigenvalue weighted by Crippen LogP contribution is 2.27. The molecule has 8 heteroatoms. The van der Waals surface area contributed by atoms with E-state index in [-0.39, 0.29) is 23.8 Å². The summed E-state index contributed by atoms with van der Waals surface area (Å²) in [6, 6.07) is 0. The largest absolute Gasteiger partial charge is 0.393 e. The molecule has 2 rings (SSSR count). The molecule has 0 aliphatic carbocycles. The van der Waals surface area contributed by atoms with Crippen molar-refractivity contribution in [3.8, 4) is 0 Å². The molecule has 19 heavy (non-hydrogen) atoms. The third-order valence-corrected chi connectivity index (χ3v) is 8.46. The Morgan fingerprint density at radius 3 is 2.21 bits per heavy atom. The van der Waals surface area contributed by atoms with Gasteiger partial charge < -0.3 is 5.11 Å². The van der Waals surface area contributed by atoms with Crippen molar-refractivity contribution < 1.29 is 21.9 Å². The number of aliphatic hydroxyl groups excluding tert-OH is 1. The summed E-state index contributed by atoms with van der Waals surface area (Å²) < 4.78 is 48.9. The molecule has 0 saturated carbocycles. The van der Waals surface area contributed by atoms with E-state index >= 15 is 0 Å². The normalized spacial score (nSPS) is 31.4. The van der Waals surface area contributed by atoms with Crippen LogP contribution in [0.4, 0.5) is 0 Å². The molecule has 2 fully saturated rings. The van der Waals surface area contributed by atoms with Crippen LogP contribution in [0.1, 0.15) is 26.2 Å². The van der Waals surface area contributed by atoms with Crippen LogP contribution in [-0.4, -0.2) is 62.2 Å².